The monoisotopic (exact) mass is 280 g/mol. The first-order valence-corrected chi connectivity index (χ1v) is 7.54. The first-order valence-electron chi connectivity index (χ1n) is 7.17. The third-order valence-corrected chi connectivity index (χ3v) is 4.78. The number of nitrogens with zero attached hydrogens (tertiary/aromatic N) is 2. The highest BCUT2D eigenvalue weighted by Gasteiger charge is 2.29. The van der Waals surface area contributed by atoms with Crippen molar-refractivity contribution >= 4 is 17.3 Å². The maximum Gasteiger partial charge on any atom is 0.0716 e. The van der Waals surface area contributed by atoms with E-state index in [4.69, 9.17) is 11.6 Å². The highest BCUT2D eigenvalue weighted by molar-refractivity contribution is 6.31. The summed E-state index contributed by atoms with van der Waals surface area (Å²) in [6, 6.07) is 6.58. The molecule has 1 unspecified atom stereocenters. The Balaban J connectivity index is 1.81. The molecular weight excluding hydrogens is 260 g/mol. The zero-order chi connectivity index (χ0) is 13.2. The van der Waals surface area contributed by atoms with E-state index in [0.717, 1.165) is 30.9 Å². The number of piperazine rings is 1. The third kappa shape index (κ3) is 2.60. The molecule has 19 heavy (non-hydrogen) atoms. The number of fused-ring (bicyclic) bond motifs is 1. The van der Waals surface area contributed by atoms with Gasteiger partial charge in [-0.3, -0.25) is 4.90 Å². The van der Waals surface area contributed by atoms with E-state index in [0.29, 0.717) is 11.1 Å². The minimum Gasteiger partial charge on any atom is -0.392 e. The summed E-state index contributed by atoms with van der Waals surface area (Å²) in [4.78, 5) is 5.01. The molecule has 2 heterocycles. The molecule has 0 amide bonds. The topological polar surface area (TPSA) is 26.7 Å². The predicted octanol–water partition coefficient (Wildman–Crippen LogP) is 2.51. The molecular formula is C15H21ClN2O. The smallest absolute Gasteiger partial charge is 0.0716 e. The first-order chi connectivity index (χ1) is 9.29. The average Bonchev–Trinajstić information content (AvgIpc) is 2.46. The van der Waals surface area contributed by atoms with Crippen LogP contribution in [0, 0.1) is 0 Å². The molecule has 2 fully saturated rings. The molecule has 1 atom stereocenters. The lowest BCUT2D eigenvalue weighted by molar-refractivity contribution is 0.133. The van der Waals surface area contributed by atoms with Crippen molar-refractivity contribution in [3.63, 3.8) is 0 Å². The van der Waals surface area contributed by atoms with E-state index in [1.807, 2.05) is 12.1 Å². The molecule has 104 valence electrons. The van der Waals surface area contributed by atoms with E-state index in [-0.39, 0.29) is 6.61 Å². The van der Waals surface area contributed by atoms with Crippen LogP contribution in [-0.4, -0.2) is 42.2 Å². The maximum atomic E-state index is 9.54. The number of benzene rings is 1. The molecule has 3 rings (SSSR count). The maximum absolute atomic E-state index is 9.54. The fourth-order valence-electron chi connectivity index (χ4n) is 3.37. The standard InChI is InChI=1S/C15H21ClN2O/c16-14-5-3-6-15(13(14)11-19)18-9-8-17-7-2-1-4-12(17)10-18/h3,5-6,12,19H,1-2,4,7-11H2. The number of hydrogen-bond donors (Lipinski definition) is 1. The Kier molecular flexibility index (Phi) is 3.96. The van der Waals surface area contributed by atoms with Crippen LogP contribution in [0.2, 0.25) is 5.02 Å². The second-order valence-electron chi connectivity index (χ2n) is 5.53. The number of anilines is 1. The molecule has 0 aliphatic carbocycles. The number of halogens is 1. The normalized spacial score (nSPS) is 24.3. The van der Waals surface area contributed by atoms with Crippen LogP contribution in [0.3, 0.4) is 0 Å². The molecule has 2 saturated heterocycles. The Morgan fingerprint density at radius 1 is 1.21 bits per heavy atom. The van der Waals surface area contributed by atoms with Crippen LogP contribution in [0.4, 0.5) is 5.69 Å². The second kappa shape index (κ2) is 5.70. The highest BCUT2D eigenvalue weighted by Crippen LogP contribution is 2.31. The van der Waals surface area contributed by atoms with Gasteiger partial charge in [-0.15, -0.1) is 0 Å². The van der Waals surface area contributed by atoms with Crippen molar-refractivity contribution in [2.45, 2.75) is 31.9 Å². The van der Waals surface area contributed by atoms with Gasteiger partial charge in [0.1, 0.15) is 0 Å². The summed E-state index contributed by atoms with van der Waals surface area (Å²) in [7, 11) is 0. The van der Waals surface area contributed by atoms with Gasteiger partial charge >= 0.3 is 0 Å². The minimum absolute atomic E-state index is 0.0138. The summed E-state index contributed by atoms with van der Waals surface area (Å²) >= 11 is 6.19. The Bertz CT molecular complexity index is 452. The summed E-state index contributed by atoms with van der Waals surface area (Å²) in [6.07, 6.45) is 3.98. The Morgan fingerprint density at radius 2 is 2.11 bits per heavy atom. The molecule has 0 spiro atoms. The molecule has 3 nitrogen and oxygen atoms in total. The van der Waals surface area contributed by atoms with Crippen molar-refractivity contribution < 1.29 is 5.11 Å². The number of hydrogen-bond acceptors (Lipinski definition) is 3. The summed E-state index contributed by atoms with van der Waals surface area (Å²) in [5.41, 5.74) is 1.98. The zero-order valence-electron chi connectivity index (χ0n) is 11.2. The molecule has 2 aliphatic heterocycles. The summed E-state index contributed by atoms with van der Waals surface area (Å²) < 4.78 is 0. The molecule has 1 N–H and O–H groups in total. The van der Waals surface area contributed by atoms with Gasteiger partial charge in [0.25, 0.3) is 0 Å². The van der Waals surface area contributed by atoms with Gasteiger partial charge in [0.2, 0.25) is 0 Å². The Labute approximate surface area is 119 Å². The van der Waals surface area contributed by atoms with Crippen LogP contribution in [0.15, 0.2) is 18.2 Å². The van der Waals surface area contributed by atoms with Gasteiger partial charge in [0.15, 0.2) is 0 Å². The van der Waals surface area contributed by atoms with Gasteiger partial charge in [-0.25, -0.2) is 0 Å². The van der Waals surface area contributed by atoms with E-state index < -0.39 is 0 Å². The molecule has 4 heteroatoms. The predicted molar refractivity (Wildman–Crippen MR) is 78.8 cm³/mol. The molecule has 2 aliphatic rings. The summed E-state index contributed by atoms with van der Waals surface area (Å²) in [6.45, 7) is 4.49. The van der Waals surface area contributed by atoms with E-state index in [9.17, 15) is 5.11 Å². The Hall–Kier alpha value is -0.770. The largest absolute Gasteiger partial charge is 0.392 e. The molecule has 0 bridgehead atoms. The lowest BCUT2D eigenvalue weighted by atomic mass is 9.98. The fraction of sp³-hybridized carbons (Fsp3) is 0.600. The minimum atomic E-state index is 0.0138. The van der Waals surface area contributed by atoms with Crippen molar-refractivity contribution in [2.75, 3.05) is 31.1 Å². The van der Waals surface area contributed by atoms with Crippen LogP contribution in [0.5, 0.6) is 0 Å². The van der Waals surface area contributed by atoms with Gasteiger partial charge in [-0.2, -0.15) is 0 Å². The van der Waals surface area contributed by atoms with Crippen molar-refractivity contribution in [1.29, 1.82) is 0 Å². The SMILES string of the molecule is OCc1c(Cl)cccc1N1CCN2CCCCC2C1. The molecule has 0 aromatic heterocycles. The van der Waals surface area contributed by atoms with E-state index in [2.05, 4.69) is 15.9 Å². The van der Waals surface area contributed by atoms with E-state index in [1.54, 1.807) is 0 Å². The lowest BCUT2D eigenvalue weighted by Crippen LogP contribution is -2.55. The van der Waals surface area contributed by atoms with Gasteiger partial charge in [0, 0.05) is 41.9 Å². The van der Waals surface area contributed by atoms with Crippen molar-refractivity contribution in [1.82, 2.24) is 4.90 Å². The van der Waals surface area contributed by atoms with Crippen LogP contribution in [0.25, 0.3) is 0 Å². The average molecular weight is 281 g/mol. The van der Waals surface area contributed by atoms with E-state index in [1.165, 1.54) is 25.8 Å². The Morgan fingerprint density at radius 3 is 2.95 bits per heavy atom. The number of piperidine rings is 1. The first kappa shape index (κ1) is 13.2. The molecule has 0 radical (unpaired) electrons. The summed E-state index contributed by atoms with van der Waals surface area (Å²) in [5.74, 6) is 0. The van der Waals surface area contributed by atoms with Gasteiger partial charge in [0.05, 0.1) is 6.61 Å². The van der Waals surface area contributed by atoms with Crippen molar-refractivity contribution in [3.05, 3.63) is 28.8 Å². The van der Waals surface area contributed by atoms with Crippen LogP contribution >= 0.6 is 11.6 Å². The number of aliphatic hydroxyl groups excluding tert-OH is 1. The van der Waals surface area contributed by atoms with Crippen molar-refractivity contribution in [3.8, 4) is 0 Å². The van der Waals surface area contributed by atoms with Gasteiger partial charge < -0.3 is 10.0 Å². The van der Waals surface area contributed by atoms with Crippen LogP contribution < -0.4 is 4.90 Å². The van der Waals surface area contributed by atoms with Gasteiger partial charge in [-0.05, 0) is 31.5 Å². The van der Waals surface area contributed by atoms with E-state index >= 15 is 0 Å². The van der Waals surface area contributed by atoms with Crippen LogP contribution in [-0.2, 0) is 6.61 Å². The third-order valence-electron chi connectivity index (χ3n) is 4.43. The molecule has 1 aromatic rings. The van der Waals surface area contributed by atoms with Crippen molar-refractivity contribution in [2.24, 2.45) is 0 Å². The second-order valence-corrected chi connectivity index (χ2v) is 5.93. The summed E-state index contributed by atoms with van der Waals surface area (Å²) in [5, 5.41) is 10.2. The molecule has 0 saturated carbocycles. The fourth-order valence-corrected chi connectivity index (χ4v) is 3.60. The van der Waals surface area contributed by atoms with Gasteiger partial charge in [-0.1, -0.05) is 24.1 Å². The zero-order valence-corrected chi connectivity index (χ0v) is 11.9. The quantitative estimate of drug-likeness (QED) is 0.902. The van der Waals surface area contributed by atoms with Crippen LogP contribution in [0.1, 0.15) is 24.8 Å². The molecule has 1 aromatic carbocycles. The number of aliphatic hydroxyl groups is 1. The lowest BCUT2D eigenvalue weighted by Gasteiger charge is -2.45. The highest BCUT2D eigenvalue weighted by atomic mass is 35.5. The number of rotatable bonds is 2.